The van der Waals surface area contributed by atoms with E-state index in [-0.39, 0.29) is 6.04 Å². The molecule has 2 rings (SSSR count). The number of aromatic hydroxyl groups is 1. The van der Waals surface area contributed by atoms with Gasteiger partial charge in [-0.05, 0) is 59.6 Å². The van der Waals surface area contributed by atoms with Crippen molar-refractivity contribution in [2.75, 3.05) is 5.32 Å². The maximum absolute atomic E-state index is 9.36. The molecule has 4 heteroatoms. The lowest BCUT2D eigenvalue weighted by Gasteiger charge is -2.15. The van der Waals surface area contributed by atoms with E-state index in [1.807, 2.05) is 13.0 Å². The van der Waals surface area contributed by atoms with Crippen molar-refractivity contribution in [2.24, 2.45) is 0 Å². The van der Waals surface area contributed by atoms with Gasteiger partial charge in [-0.3, -0.25) is 0 Å². The lowest BCUT2D eigenvalue weighted by Crippen LogP contribution is -2.05. The molecule has 1 unspecified atom stereocenters. The fraction of sp³-hybridized carbons (Fsp3) is 0.231. The largest absolute Gasteiger partial charge is 0.508 e. The van der Waals surface area contributed by atoms with E-state index in [1.54, 1.807) is 23.5 Å². The van der Waals surface area contributed by atoms with Crippen LogP contribution in [-0.2, 0) is 0 Å². The molecule has 17 heavy (non-hydrogen) atoms. The van der Waals surface area contributed by atoms with Crippen LogP contribution in [-0.4, -0.2) is 5.11 Å². The summed E-state index contributed by atoms with van der Waals surface area (Å²) in [7, 11) is 0. The van der Waals surface area contributed by atoms with Crippen LogP contribution in [0.4, 0.5) is 5.69 Å². The van der Waals surface area contributed by atoms with Crippen molar-refractivity contribution in [3.63, 3.8) is 0 Å². The number of hydrogen-bond donors (Lipinski definition) is 2. The molecule has 1 aromatic carbocycles. The monoisotopic (exact) mass is 311 g/mol. The van der Waals surface area contributed by atoms with Gasteiger partial charge in [0.1, 0.15) is 5.75 Å². The summed E-state index contributed by atoms with van der Waals surface area (Å²) in [4.78, 5) is 1.28. The maximum Gasteiger partial charge on any atom is 0.115 e. The van der Waals surface area contributed by atoms with Crippen molar-refractivity contribution in [3.8, 4) is 5.75 Å². The molecule has 1 aromatic heterocycles. The third kappa shape index (κ3) is 3.01. The van der Waals surface area contributed by atoms with Gasteiger partial charge in [0, 0.05) is 20.4 Å². The number of phenols is 1. The smallest absolute Gasteiger partial charge is 0.115 e. The SMILES string of the molecule is Cc1cc(O)ccc1NC(C)c1cc(Br)cs1. The van der Waals surface area contributed by atoms with Gasteiger partial charge in [0.25, 0.3) is 0 Å². The minimum absolute atomic E-state index is 0.259. The normalized spacial score (nSPS) is 12.4. The topological polar surface area (TPSA) is 32.3 Å². The predicted molar refractivity (Wildman–Crippen MR) is 76.9 cm³/mol. The van der Waals surface area contributed by atoms with Crippen LogP contribution in [0.1, 0.15) is 23.4 Å². The number of rotatable bonds is 3. The van der Waals surface area contributed by atoms with E-state index < -0.39 is 0 Å². The highest BCUT2D eigenvalue weighted by molar-refractivity contribution is 9.10. The second-order valence-corrected chi connectivity index (χ2v) is 5.89. The van der Waals surface area contributed by atoms with Crippen molar-refractivity contribution in [1.29, 1.82) is 0 Å². The second kappa shape index (κ2) is 5.10. The van der Waals surface area contributed by atoms with Crippen LogP contribution >= 0.6 is 27.3 Å². The maximum atomic E-state index is 9.36. The molecule has 2 nitrogen and oxygen atoms in total. The average Bonchev–Trinajstić information content (AvgIpc) is 2.69. The van der Waals surface area contributed by atoms with Crippen molar-refractivity contribution >= 4 is 33.0 Å². The van der Waals surface area contributed by atoms with Crippen LogP contribution in [0.15, 0.2) is 34.1 Å². The summed E-state index contributed by atoms with van der Waals surface area (Å²) in [6.45, 7) is 4.11. The lowest BCUT2D eigenvalue weighted by molar-refractivity contribution is 0.475. The number of halogens is 1. The highest BCUT2D eigenvalue weighted by atomic mass is 79.9. The molecule has 0 saturated carbocycles. The summed E-state index contributed by atoms with van der Waals surface area (Å²) in [5.41, 5.74) is 2.10. The third-order valence-corrected chi connectivity index (χ3v) is 4.47. The van der Waals surface area contributed by atoms with Gasteiger partial charge in [0.2, 0.25) is 0 Å². The number of thiophene rings is 1. The Balaban J connectivity index is 2.15. The molecule has 0 bridgehead atoms. The summed E-state index contributed by atoms with van der Waals surface area (Å²) in [6, 6.07) is 7.75. The molecule has 0 saturated heterocycles. The van der Waals surface area contributed by atoms with Crippen LogP contribution in [0.5, 0.6) is 5.75 Å². The molecule has 0 amide bonds. The van der Waals surface area contributed by atoms with E-state index in [0.29, 0.717) is 5.75 Å². The molecule has 0 aliphatic heterocycles. The number of aryl methyl sites for hydroxylation is 1. The zero-order valence-electron chi connectivity index (χ0n) is 9.70. The highest BCUT2D eigenvalue weighted by Gasteiger charge is 2.09. The minimum Gasteiger partial charge on any atom is -0.508 e. The van der Waals surface area contributed by atoms with Crippen molar-refractivity contribution < 1.29 is 5.11 Å². The van der Waals surface area contributed by atoms with Crippen molar-refractivity contribution in [3.05, 3.63) is 44.6 Å². The Bertz CT molecular complexity index is 524. The quantitative estimate of drug-likeness (QED) is 0.805. The van der Waals surface area contributed by atoms with Gasteiger partial charge in [-0.15, -0.1) is 11.3 Å². The first-order chi connectivity index (χ1) is 8.06. The van der Waals surface area contributed by atoms with Crippen LogP contribution in [0.3, 0.4) is 0 Å². The molecular weight excluding hydrogens is 298 g/mol. The van der Waals surface area contributed by atoms with E-state index >= 15 is 0 Å². The summed E-state index contributed by atoms with van der Waals surface area (Å²) in [5.74, 6) is 0.305. The van der Waals surface area contributed by atoms with E-state index in [0.717, 1.165) is 15.7 Å². The molecule has 0 aliphatic carbocycles. The van der Waals surface area contributed by atoms with Gasteiger partial charge in [0.05, 0.1) is 6.04 Å². The number of anilines is 1. The van der Waals surface area contributed by atoms with Gasteiger partial charge >= 0.3 is 0 Å². The Kier molecular flexibility index (Phi) is 3.74. The Morgan fingerprint density at radius 3 is 2.71 bits per heavy atom. The Hall–Kier alpha value is -1.000. The van der Waals surface area contributed by atoms with Gasteiger partial charge < -0.3 is 10.4 Å². The van der Waals surface area contributed by atoms with Crippen LogP contribution in [0.2, 0.25) is 0 Å². The highest BCUT2D eigenvalue weighted by Crippen LogP contribution is 2.29. The summed E-state index contributed by atoms with van der Waals surface area (Å²) in [6.07, 6.45) is 0. The molecular formula is C13H14BrNOS. The molecule has 0 aliphatic rings. The Morgan fingerprint density at radius 2 is 2.12 bits per heavy atom. The first kappa shape index (κ1) is 12.5. The summed E-state index contributed by atoms with van der Waals surface area (Å²) >= 11 is 5.19. The zero-order valence-corrected chi connectivity index (χ0v) is 12.1. The van der Waals surface area contributed by atoms with E-state index in [1.165, 1.54) is 4.88 Å². The predicted octanol–water partition coefficient (Wildman–Crippen LogP) is 4.70. The number of nitrogens with one attached hydrogen (secondary N) is 1. The molecule has 0 spiro atoms. The lowest BCUT2D eigenvalue weighted by atomic mass is 10.1. The fourth-order valence-corrected chi connectivity index (χ4v) is 3.12. The second-order valence-electron chi connectivity index (χ2n) is 4.03. The van der Waals surface area contributed by atoms with Gasteiger partial charge in [0.15, 0.2) is 0 Å². The first-order valence-electron chi connectivity index (χ1n) is 5.36. The third-order valence-electron chi connectivity index (χ3n) is 2.60. The van der Waals surface area contributed by atoms with E-state index in [4.69, 9.17) is 0 Å². The molecule has 1 heterocycles. The van der Waals surface area contributed by atoms with Crippen LogP contribution in [0, 0.1) is 6.92 Å². The Labute approximate surface area is 113 Å². The van der Waals surface area contributed by atoms with Gasteiger partial charge in [-0.1, -0.05) is 0 Å². The van der Waals surface area contributed by atoms with Crippen LogP contribution < -0.4 is 5.32 Å². The molecule has 1 atom stereocenters. The van der Waals surface area contributed by atoms with Gasteiger partial charge in [-0.25, -0.2) is 0 Å². The van der Waals surface area contributed by atoms with Crippen molar-refractivity contribution in [1.82, 2.24) is 0 Å². The number of hydrogen-bond acceptors (Lipinski definition) is 3. The van der Waals surface area contributed by atoms with Crippen LogP contribution in [0.25, 0.3) is 0 Å². The number of phenolic OH excluding ortho intramolecular Hbond substituents is 1. The summed E-state index contributed by atoms with van der Waals surface area (Å²) in [5, 5.41) is 14.9. The average molecular weight is 312 g/mol. The Morgan fingerprint density at radius 1 is 1.35 bits per heavy atom. The van der Waals surface area contributed by atoms with Gasteiger partial charge in [-0.2, -0.15) is 0 Å². The standard InChI is InChI=1S/C13H14BrNOS/c1-8-5-11(16)3-4-12(8)15-9(2)13-6-10(14)7-17-13/h3-7,9,15-16H,1-2H3. The summed E-state index contributed by atoms with van der Waals surface area (Å²) < 4.78 is 1.12. The molecule has 0 fully saturated rings. The molecule has 0 radical (unpaired) electrons. The number of benzene rings is 1. The van der Waals surface area contributed by atoms with E-state index in [9.17, 15) is 5.11 Å². The first-order valence-corrected chi connectivity index (χ1v) is 7.03. The van der Waals surface area contributed by atoms with Crippen molar-refractivity contribution in [2.45, 2.75) is 19.9 Å². The molecule has 90 valence electrons. The van der Waals surface area contributed by atoms with E-state index in [2.05, 4.69) is 39.6 Å². The minimum atomic E-state index is 0.259. The molecule has 2 N–H and O–H groups in total. The molecule has 2 aromatic rings. The zero-order chi connectivity index (χ0) is 12.4. The fourth-order valence-electron chi connectivity index (χ4n) is 1.67.